The maximum Gasteiger partial charge on any atom is 0.337 e. The second-order valence-corrected chi connectivity index (χ2v) is 5.05. The molecule has 2 aromatic carbocycles. The monoisotopic (exact) mass is 329 g/mol. The van der Waals surface area contributed by atoms with Crippen LogP contribution in [-0.2, 0) is 4.74 Å². The number of methoxy groups -OCH3 is 3. The summed E-state index contributed by atoms with van der Waals surface area (Å²) in [5.74, 6) is 0.339. The zero-order valence-electron chi connectivity index (χ0n) is 14.0. The molecule has 0 saturated carbocycles. The highest BCUT2D eigenvalue weighted by atomic mass is 16.5. The van der Waals surface area contributed by atoms with Crippen molar-refractivity contribution in [3.8, 4) is 11.5 Å². The molecule has 0 atom stereocenters. The summed E-state index contributed by atoms with van der Waals surface area (Å²) < 4.78 is 15.1. The van der Waals surface area contributed by atoms with Crippen LogP contribution >= 0.6 is 0 Å². The van der Waals surface area contributed by atoms with Gasteiger partial charge in [-0.3, -0.25) is 4.79 Å². The molecule has 1 amide bonds. The predicted octanol–water partition coefficient (Wildman–Crippen LogP) is 3.05. The van der Waals surface area contributed by atoms with Crippen LogP contribution in [0.3, 0.4) is 0 Å². The lowest BCUT2D eigenvalue weighted by molar-refractivity contribution is 0.0600. The van der Waals surface area contributed by atoms with Crippen molar-refractivity contribution in [2.24, 2.45) is 0 Å². The van der Waals surface area contributed by atoms with Gasteiger partial charge in [0.2, 0.25) is 0 Å². The third-order valence-electron chi connectivity index (χ3n) is 3.54. The molecule has 0 spiro atoms. The molecule has 24 heavy (non-hydrogen) atoms. The van der Waals surface area contributed by atoms with Gasteiger partial charge in [0.15, 0.2) is 11.5 Å². The number of esters is 1. The summed E-state index contributed by atoms with van der Waals surface area (Å²) in [7, 11) is 4.37. The third kappa shape index (κ3) is 3.65. The Morgan fingerprint density at radius 1 is 0.917 bits per heavy atom. The third-order valence-corrected chi connectivity index (χ3v) is 3.54. The van der Waals surface area contributed by atoms with Crippen molar-refractivity contribution < 1.29 is 23.8 Å². The first kappa shape index (κ1) is 17.3. The largest absolute Gasteiger partial charge is 0.493 e. The molecular formula is C18H19NO5. The molecule has 0 saturated heterocycles. The Labute approximate surface area is 140 Å². The van der Waals surface area contributed by atoms with Crippen molar-refractivity contribution in [1.82, 2.24) is 0 Å². The first-order valence-electron chi connectivity index (χ1n) is 7.22. The van der Waals surface area contributed by atoms with Crippen molar-refractivity contribution in [3.05, 3.63) is 53.1 Å². The van der Waals surface area contributed by atoms with E-state index in [1.165, 1.54) is 14.2 Å². The summed E-state index contributed by atoms with van der Waals surface area (Å²) in [6, 6.07) is 9.83. The standard InChI is InChI=1S/C18H19NO5/c1-11-9-15(22-2)16(23-3)10-14(11)17(20)19-13-7-5-12(6-8-13)18(21)24-4/h5-10H,1-4H3,(H,19,20). The normalized spacial score (nSPS) is 10.0. The van der Waals surface area contributed by atoms with Crippen molar-refractivity contribution in [2.75, 3.05) is 26.6 Å². The number of rotatable bonds is 5. The Bertz CT molecular complexity index is 753. The quantitative estimate of drug-likeness (QED) is 0.854. The molecule has 0 aliphatic heterocycles. The summed E-state index contributed by atoms with van der Waals surface area (Å²) in [5.41, 5.74) is 2.22. The first-order valence-corrected chi connectivity index (χ1v) is 7.22. The first-order chi connectivity index (χ1) is 11.5. The van der Waals surface area contributed by atoms with Crippen LogP contribution in [0, 0.1) is 6.92 Å². The molecule has 126 valence electrons. The van der Waals surface area contributed by atoms with Gasteiger partial charge in [-0.15, -0.1) is 0 Å². The SMILES string of the molecule is COC(=O)c1ccc(NC(=O)c2cc(OC)c(OC)cc2C)cc1. The molecule has 0 radical (unpaired) electrons. The number of benzene rings is 2. The molecule has 6 heteroatoms. The average Bonchev–Trinajstić information content (AvgIpc) is 2.61. The fourth-order valence-corrected chi connectivity index (χ4v) is 2.23. The van der Waals surface area contributed by atoms with Crippen LogP contribution in [0.15, 0.2) is 36.4 Å². The highest BCUT2D eigenvalue weighted by Gasteiger charge is 2.15. The second kappa shape index (κ2) is 7.50. The molecule has 2 rings (SSSR count). The van der Waals surface area contributed by atoms with Gasteiger partial charge in [-0.25, -0.2) is 4.79 Å². The van der Waals surface area contributed by atoms with Gasteiger partial charge in [0, 0.05) is 11.3 Å². The van der Waals surface area contributed by atoms with Crippen LogP contribution in [0.4, 0.5) is 5.69 Å². The Morgan fingerprint density at radius 2 is 1.50 bits per heavy atom. The lowest BCUT2D eigenvalue weighted by atomic mass is 10.1. The molecular weight excluding hydrogens is 310 g/mol. The van der Waals surface area contributed by atoms with Gasteiger partial charge in [0.1, 0.15) is 0 Å². The van der Waals surface area contributed by atoms with Crippen molar-refractivity contribution >= 4 is 17.6 Å². The van der Waals surface area contributed by atoms with Gasteiger partial charge in [-0.2, -0.15) is 0 Å². The van der Waals surface area contributed by atoms with E-state index in [9.17, 15) is 9.59 Å². The lowest BCUT2D eigenvalue weighted by Gasteiger charge is -2.13. The summed E-state index contributed by atoms with van der Waals surface area (Å²) in [5, 5.41) is 2.78. The van der Waals surface area contributed by atoms with Crippen molar-refractivity contribution in [3.63, 3.8) is 0 Å². The smallest absolute Gasteiger partial charge is 0.337 e. The number of anilines is 1. The van der Waals surface area contributed by atoms with E-state index in [0.717, 1.165) is 5.56 Å². The van der Waals surface area contributed by atoms with E-state index in [0.29, 0.717) is 28.3 Å². The van der Waals surface area contributed by atoms with Gasteiger partial charge < -0.3 is 19.5 Å². The summed E-state index contributed by atoms with van der Waals surface area (Å²) >= 11 is 0. The minimum absolute atomic E-state index is 0.278. The Kier molecular flexibility index (Phi) is 5.42. The van der Waals surface area contributed by atoms with E-state index in [4.69, 9.17) is 9.47 Å². The van der Waals surface area contributed by atoms with Crippen molar-refractivity contribution in [2.45, 2.75) is 6.92 Å². The average molecular weight is 329 g/mol. The zero-order valence-corrected chi connectivity index (χ0v) is 14.0. The Balaban J connectivity index is 2.22. The summed E-state index contributed by atoms with van der Waals surface area (Å²) in [6.07, 6.45) is 0. The number of hydrogen-bond donors (Lipinski definition) is 1. The fourth-order valence-electron chi connectivity index (χ4n) is 2.23. The Morgan fingerprint density at radius 3 is 2.04 bits per heavy atom. The molecule has 0 fully saturated rings. The number of amides is 1. The number of hydrogen-bond acceptors (Lipinski definition) is 5. The van der Waals surface area contributed by atoms with Gasteiger partial charge >= 0.3 is 5.97 Å². The molecule has 0 aliphatic rings. The zero-order chi connectivity index (χ0) is 17.7. The molecule has 0 heterocycles. The van der Waals surface area contributed by atoms with Gasteiger partial charge in [-0.1, -0.05) is 0 Å². The van der Waals surface area contributed by atoms with Crippen LogP contribution in [0.25, 0.3) is 0 Å². The maximum atomic E-state index is 12.5. The number of aryl methyl sites for hydroxylation is 1. The van der Waals surface area contributed by atoms with E-state index in [1.54, 1.807) is 43.5 Å². The molecule has 0 unspecified atom stereocenters. The summed E-state index contributed by atoms with van der Waals surface area (Å²) in [6.45, 7) is 1.82. The molecule has 0 bridgehead atoms. The number of nitrogens with one attached hydrogen (secondary N) is 1. The van der Waals surface area contributed by atoms with Crippen molar-refractivity contribution in [1.29, 1.82) is 0 Å². The van der Waals surface area contributed by atoms with Gasteiger partial charge in [0.05, 0.1) is 26.9 Å². The van der Waals surface area contributed by atoms with Crippen LogP contribution < -0.4 is 14.8 Å². The maximum absolute atomic E-state index is 12.5. The summed E-state index contributed by atoms with van der Waals surface area (Å²) in [4.78, 5) is 23.9. The Hall–Kier alpha value is -3.02. The molecule has 0 aliphatic carbocycles. The highest BCUT2D eigenvalue weighted by molar-refractivity contribution is 6.06. The van der Waals surface area contributed by atoms with E-state index < -0.39 is 5.97 Å². The van der Waals surface area contributed by atoms with Gasteiger partial charge in [-0.05, 0) is 48.9 Å². The molecule has 6 nitrogen and oxygen atoms in total. The number of ether oxygens (including phenoxy) is 3. The van der Waals surface area contributed by atoms with Gasteiger partial charge in [0.25, 0.3) is 5.91 Å². The molecule has 0 aromatic heterocycles. The number of carbonyl (C=O) groups is 2. The van der Waals surface area contributed by atoms with Crippen LogP contribution in [0.5, 0.6) is 11.5 Å². The minimum Gasteiger partial charge on any atom is -0.493 e. The lowest BCUT2D eigenvalue weighted by Crippen LogP contribution is -2.14. The second-order valence-electron chi connectivity index (χ2n) is 5.05. The number of carbonyl (C=O) groups excluding carboxylic acids is 2. The predicted molar refractivity (Wildman–Crippen MR) is 90.0 cm³/mol. The van der Waals surface area contributed by atoms with Crippen LogP contribution in [-0.4, -0.2) is 33.2 Å². The fraction of sp³-hybridized carbons (Fsp3) is 0.222. The highest BCUT2D eigenvalue weighted by Crippen LogP contribution is 2.30. The van der Waals surface area contributed by atoms with Crippen LogP contribution in [0.2, 0.25) is 0 Å². The van der Waals surface area contributed by atoms with E-state index in [2.05, 4.69) is 10.1 Å². The van der Waals surface area contributed by atoms with E-state index in [1.807, 2.05) is 6.92 Å². The topological polar surface area (TPSA) is 73.9 Å². The van der Waals surface area contributed by atoms with E-state index >= 15 is 0 Å². The molecule has 1 N–H and O–H groups in total. The molecule has 2 aromatic rings. The van der Waals surface area contributed by atoms with Crippen LogP contribution in [0.1, 0.15) is 26.3 Å². The van der Waals surface area contributed by atoms with E-state index in [-0.39, 0.29) is 5.91 Å². The minimum atomic E-state index is -0.427.